The fourth-order valence-electron chi connectivity index (χ4n) is 1.68. The van der Waals surface area contributed by atoms with Crippen molar-refractivity contribution in [2.75, 3.05) is 40.0 Å². The van der Waals surface area contributed by atoms with E-state index in [9.17, 15) is 0 Å². The summed E-state index contributed by atoms with van der Waals surface area (Å²) in [4.78, 5) is 5.85. The molecule has 0 unspecified atom stereocenters. The van der Waals surface area contributed by atoms with Crippen molar-refractivity contribution in [1.82, 2.24) is 10.6 Å². The number of hydrogen-bond donors (Lipinski definition) is 2. The molecule has 1 aromatic heterocycles. The summed E-state index contributed by atoms with van der Waals surface area (Å²) >= 11 is 1.73. The molecule has 0 saturated heterocycles. The molecule has 0 spiro atoms. The van der Waals surface area contributed by atoms with E-state index in [1.54, 1.807) is 18.4 Å². The Morgan fingerprint density at radius 2 is 2.09 bits per heavy atom. The predicted octanol–water partition coefficient (Wildman–Crippen LogP) is 2.86. The van der Waals surface area contributed by atoms with Crippen molar-refractivity contribution in [3.8, 4) is 0 Å². The highest BCUT2D eigenvalue weighted by atomic mass is 127. The molecule has 0 aromatic carbocycles. The third-order valence-corrected chi connectivity index (χ3v) is 3.62. The number of nitrogens with one attached hydrogen (secondary N) is 2. The van der Waals surface area contributed by atoms with Crippen LogP contribution in [0.3, 0.4) is 0 Å². The molecule has 1 heterocycles. The van der Waals surface area contributed by atoms with E-state index in [0.717, 1.165) is 45.0 Å². The zero-order chi connectivity index (χ0) is 15.2. The van der Waals surface area contributed by atoms with E-state index in [2.05, 4.69) is 40.1 Å². The number of thiophene rings is 1. The molecule has 0 bridgehead atoms. The maximum Gasteiger partial charge on any atom is 0.191 e. The molecule has 5 nitrogen and oxygen atoms in total. The number of methoxy groups -OCH3 is 1. The van der Waals surface area contributed by atoms with E-state index in [4.69, 9.17) is 9.47 Å². The van der Waals surface area contributed by atoms with Crippen molar-refractivity contribution in [3.05, 3.63) is 22.4 Å². The Hall–Kier alpha value is -0.380. The van der Waals surface area contributed by atoms with Crippen LogP contribution in [0.25, 0.3) is 0 Å². The minimum absolute atomic E-state index is 0. The minimum Gasteiger partial charge on any atom is -0.382 e. The van der Waals surface area contributed by atoms with Crippen LogP contribution in [0.15, 0.2) is 22.5 Å². The number of aliphatic imine (C=N–C) groups is 1. The topological polar surface area (TPSA) is 54.9 Å². The number of hydrogen-bond acceptors (Lipinski definition) is 4. The lowest BCUT2D eigenvalue weighted by atomic mass is 10.3. The molecule has 0 atom stereocenters. The summed E-state index contributed by atoms with van der Waals surface area (Å²) in [6.45, 7) is 6.71. The molecule has 0 aliphatic rings. The zero-order valence-electron chi connectivity index (χ0n) is 13.5. The third-order valence-electron chi connectivity index (χ3n) is 2.76. The van der Waals surface area contributed by atoms with Gasteiger partial charge in [0.15, 0.2) is 5.96 Å². The Balaban J connectivity index is 0.00000441. The monoisotopic (exact) mass is 441 g/mol. The van der Waals surface area contributed by atoms with Gasteiger partial charge in [0.1, 0.15) is 0 Å². The zero-order valence-corrected chi connectivity index (χ0v) is 16.6. The number of rotatable bonds is 11. The molecule has 1 aromatic rings. The van der Waals surface area contributed by atoms with Gasteiger partial charge in [0.05, 0.1) is 19.8 Å². The molecule has 0 radical (unpaired) electrons. The van der Waals surface area contributed by atoms with E-state index in [1.807, 2.05) is 0 Å². The van der Waals surface area contributed by atoms with Gasteiger partial charge in [-0.3, -0.25) is 0 Å². The van der Waals surface area contributed by atoms with Crippen LogP contribution >= 0.6 is 35.3 Å². The van der Waals surface area contributed by atoms with Crippen LogP contribution in [0.4, 0.5) is 0 Å². The highest BCUT2D eigenvalue weighted by molar-refractivity contribution is 14.0. The van der Waals surface area contributed by atoms with E-state index in [1.165, 1.54) is 4.88 Å². The average molecular weight is 441 g/mol. The fraction of sp³-hybridized carbons (Fsp3) is 0.667. The number of nitrogens with zero attached hydrogens (tertiary/aromatic N) is 1. The third kappa shape index (κ3) is 11.2. The molecule has 1 rings (SSSR count). The summed E-state index contributed by atoms with van der Waals surface area (Å²) in [6.07, 6.45) is 2.11. The lowest BCUT2D eigenvalue weighted by Crippen LogP contribution is -2.37. The molecule has 0 aliphatic heterocycles. The SMILES string of the molecule is CCNC(=NCc1cccs1)NCCCCOCCOC.I. The van der Waals surface area contributed by atoms with E-state index in [-0.39, 0.29) is 24.0 Å². The first-order valence-electron chi connectivity index (χ1n) is 7.48. The number of halogens is 1. The molecule has 128 valence electrons. The Bertz CT molecular complexity index is 375. The summed E-state index contributed by atoms with van der Waals surface area (Å²) in [5.41, 5.74) is 0. The van der Waals surface area contributed by atoms with Gasteiger partial charge in [0, 0.05) is 31.7 Å². The van der Waals surface area contributed by atoms with E-state index < -0.39 is 0 Å². The summed E-state index contributed by atoms with van der Waals surface area (Å²) < 4.78 is 10.4. The van der Waals surface area contributed by atoms with Crippen LogP contribution < -0.4 is 10.6 Å². The lowest BCUT2D eigenvalue weighted by molar-refractivity contribution is 0.0689. The van der Waals surface area contributed by atoms with Gasteiger partial charge in [-0.05, 0) is 31.2 Å². The molecule has 7 heteroatoms. The molecular weight excluding hydrogens is 413 g/mol. The summed E-state index contributed by atoms with van der Waals surface area (Å²) in [5, 5.41) is 8.69. The van der Waals surface area contributed by atoms with Crippen LogP contribution in [0.5, 0.6) is 0 Å². The molecule has 0 fully saturated rings. The van der Waals surface area contributed by atoms with Gasteiger partial charge in [-0.25, -0.2) is 4.99 Å². The maximum atomic E-state index is 5.43. The Morgan fingerprint density at radius 3 is 2.77 bits per heavy atom. The largest absolute Gasteiger partial charge is 0.382 e. The van der Waals surface area contributed by atoms with Crippen LogP contribution in [-0.2, 0) is 16.0 Å². The van der Waals surface area contributed by atoms with Gasteiger partial charge in [-0.1, -0.05) is 6.07 Å². The summed E-state index contributed by atoms with van der Waals surface area (Å²) in [6, 6.07) is 4.16. The molecule has 0 saturated carbocycles. The van der Waals surface area contributed by atoms with Gasteiger partial charge < -0.3 is 20.1 Å². The van der Waals surface area contributed by atoms with Crippen molar-refractivity contribution in [2.24, 2.45) is 4.99 Å². The average Bonchev–Trinajstić information content (AvgIpc) is 3.00. The molecule has 22 heavy (non-hydrogen) atoms. The Labute approximate surface area is 154 Å². The van der Waals surface area contributed by atoms with Crippen molar-refractivity contribution in [1.29, 1.82) is 0 Å². The van der Waals surface area contributed by atoms with Crippen molar-refractivity contribution in [2.45, 2.75) is 26.3 Å². The van der Waals surface area contributed by atoms with Gasteiger partial charge in [-0.2, -0.15) is 0 Å². The first kappa shape index (κ1) is 21.6. The highest BCUT2D eigenvalue weighted by Gasteiger charge is 1.98. The Morgan fingerprint density at radius 1 is 1.23 bits per heavy atom. The van der Waals surface area contributed by atoms with E-state index >= 15 is 0 Å². The van der Waals surface area contributed by atoms with Crippen LogP contribution in [-0.4, -0.2) is 46.0 Å². The Kier molecular flexibility index (Phi) is 15.2. The first-order valence-corrected chi connectivity index (χ1v) is 8.36. The minimum atomic E-state index is 0. The quantitative estimate of drug-likeness (QED) is 0.240. The number of ether oxygens (including phenoxy) is 2. The second-order valence-electron chi connectivity index (χ2n) is 4.51. The predicted molar refractivity (Wildman–Crippen MR) is 104 cm³/mol. The van der Waals surface area contributed by atoms with Gasteiger partial charge >= 0.3 is 0 Å². The summed E-state index contributed by atoms with van der Waals surface area (Å²) in [5.74, 6) is 0.881. The smallest absolute Gasteiger partial charge is 0.191 e. The standard InChI is InChI=1S/C15H27N3O2S.HI/c1-3-16-15(18-13-14-7-6-12-21-14)17-8-4-5-9-20-11-10-19-2;/h6-7,12H,3-5,8-11,13H2,1-2H3,(H2,16,17,18);1H. The molecule has 0 amide bonds. The van der Waals surface area contributed by atoms with Gasteiger partial charge in [0.25, 0.3) is 0 Å². The van der Waals surface area contributed by atoms with Crippen molar-refractivity contribution < 1.29 is 9.47 Å². The van der Waals surface area contributed by atoms with Gasteiger partial charge in [0.2, 0.25) is 0 Å². The fourth-order valence-corrected chi connectivity index (χ4v) is 2.31. The summed E-state index contributed by atoms with van der Waals surface area (Å²) in [7, 11) is 1.69. The molecule has 2 N–H and O–H groups in total. The first-order chi connectivity index (χ1) is 10.4. The number of unbranched alkanes of at least 4 members (excludes halogenated alkanes) is 1. The van der Waals surface area contributed by atoms with Crippen LogP contribution in [0.2, 0.25) is 0 Å². The maximum absolute atomic E-state index is 5.43. The van der Waals surface area contributed by atoms with Crippen molar-refractivity contribution >= 4 is 41.3 Å². The lowest BCUT2D eigenvalue weighted by Gasteiger charge is -2.11. The second-order valence-corrected chi connectivity index (χ2v) is 5.55. The van der Waals surface area contributed by atoms with Crippen LogP contribution in [0.1, 0.15) is 24.6 Å². The molecule has 0 aliphatic carbocycles. The highest BCUT2D eigenvalue weighted by Crippen LogP contribution is 2.09. The van der Waals surface area contributed by atoms with Crippen molar-refractivity contribution in [3.63, 3.8) is 0 Å². The molecular formula is C15H28IN3O2S. The second kappa shape index (κ2) is 15.5. The normalized spacial score (nSPS) is 11.1. The number of guanidine groups is 1. The van der Waals surface area contributed by atoms with Gasteiger partial charge in [-0.15, -0.1) is 35.3 Å². The van der Waals surface area contributed by atoms with Crippen LogP contribution in [0, 0.1) is 0 Å². The van der Waals surface area contributed by atoms with E-state index in [0.29, 0.717) is 13.2 Å².